The van der Waals surface area contributed by atoms with E-state index in [-0.39, 0.29) is 11.6 Å². The molecule has 1 unspecified atom stereocenters. The minimum absolute atomic E-state index is 0.136. The normalized spacial score (nSPS) is 13.2. The van der Waals surface area contributed by atoms with Gasteiger partial charge in [0.25, 0.3) is 0 Å². The SMILES string of the molecule is CC(CN)c1cc2c(cc1Cl)[nH]c(=O)n2C. The van der Waals surface area contributed by atoms with Crippen LogP contribution in [0.5, 0.6) is 0 Å². The van der Waals surface area contributed by atoms with Crippen molar-refractivity contribution in [2.45, 2.75) is 12.8 Å². The van der Waals surface area contributed by atoms with Crippen molar-refractivity contribution in [1.82, 2.24) is 9.55 Å². The number of rotatable bonds is 2. The Morgan fingerprint density at radius 2 is 2.25 bits per heavy atom. The summed E-state index contributed by atoms with van der Waals surface area (Å²) in [5.74, 6) is 0.182. The van der Waals surface area contributed by atoms with E-state index in [0.717, 1.165) is 16.6 Å². The standard InChI is InChI=1S/C11H14ClN3O/c1-6(5-13)7-3-10-9(4-8(7)12)14-11(16)15(10)2/h3-4,6H,5,13H2,1-2H3,(H,14,16). The van der Waals surface area contributed by atoms with Crippen molar-refractivity contribution >= 4 is 22.6 Å². The molecule has 2 aromatic rings. The maximum atomic E-state index is 11.4. The predicted octanol–water partition coefficient (Wildman–Crippen LogP) is 1.58. The van der Waals surface area contributed by atoms with Crippen LogP contribution in [0, 0.1) is 0 Å². The fourth-order valence-corrected chi connectivity index (χ4v) is 2.12. The Balaban J connectivity index is 2.73. The first-order chi connectivity index (χ1) is 7.54. The van der Waals surface area contributed by atoms with Gasteiger partial charge in [0.1, 0.15) is 0 Å². The first-order valence-electron chi connectivity index (χ1n) is 5.12. The van der Waals surface area contributed by atoms with E-state index in [1.807, 2.05) is 13.0 Å². The van der Waals surface area contributed by atoms with E-state index < -0.39 is 0 Å². The van der Waals surface area contributed by atoms with Crippen LogP contribution in [0.1, 0.15) is 18.4 Å². The van der Waals surface area contributed by atoms with Crippen molar-refractivity contribution in [3.63, 3.8) is 0 Å². The number of imidazole rings is 1. The quantitative estimate of drug-likeness (QED) is 0.836. The van der Waals surface area contributed by atoms with Crippen LogP contribution in [0.3, 0.4) is 0 Å². The molecule has 0 radical (unpaired) electrons. The van der Waals surface area contributed by atoms with Crippen LogP contribution in [0.25, 0.3) is 11.0 Å². The maximum Gasteiger partial charge on any atom is 0.326 e. The van der Waals surface area contributed by atoms with Crippen LogP contribution < -0.4 is 11.4 Å². The van der Waals surface area contributed by atoms with E-state index in [1.165, 1.54) is 0 Å². The van der Waals surface area contributed by atoms with Crippen molar-refractivity contribution in [3.8, 4) is 0 Å². The lowest BCUT2D eigenvalue weighted by molar-refractivity contribution is 0.774. The average Bonchev–Trinajstić information content (AvgIpc) is 2.52. The lowest BCUT2D eigenvalue weighted by atomic mass is 10.0. The molecule has 2 rings (SSSR count). The van der Waals surface area contributed by atoms with E-state index in [1.54, 1.807) is 17.7 Å². The Bertz CT molecular complexity index is 585. The Morgan fingerprint density at radius 3 is 2.88 bits per heavy atom. The third-order valence-corrected chi connectivity index (χ3v) is 3.23. The van der Waals surface area contributed by atoms with E-state index in [9.17, 15) is 4.79 Å². The van der Waals surface area contributed by atoms with Crippen molar-refractivity contribution < 1.29 is 0 Å². The summed E-state index contributed by atoms with van der Waals surface area (Å²) in [6.07, 6.45) is 0. The van der Waals surface area contributed by atoms with Gasteiger partial charge in [0.15, 0.2) is 0 Å². The Morgan fingerprint density at radius 1 is 1.56 bits per heavy atom. The molecule has 1 heterocycles. The fraction of sp³-hybridized carbons (Fsp3) is 0.364. The topological polar surface area (TPSA) is 63.8 Å². The first kappa shape index (κ1) is 11.2. The van der Waals surface area contributed by atoms with Gasteiger partial charge in [-0.05, 0) is 30.2 Å². The molecular weight excluding hydrogens is 226 g/mol. The molecule has 4 nitrogen and oxygen atoms in total. The molecule has 0 fully saturated rings. The number of aromatic nitrogens is 2. The predicted molar refractivity (Wildman–Crippen MR) is 66.0 cm³/mol. The molecule has 0 bridgehead atoms. The van der Waals surface area contributed by atoms with Gasteiger partial charge in [0.05, 0.1) is 11.0 Å². The van der Waals surface area contributed by atoms with Gasteiger partial charge in [0.2, 0.25) is 0 Å². The number of halogens is 1. The van der Waals surface area contributed by atoms with Gasteiger partial charge in [-0.2, -0.15) is 0 Å². The third kappa shape index (κ3) is 1.64. The summed E-state index contributed by atoms with van der Waals surface area (Å²) in [6.45, 7) is 2.54. The molecule has 0 aliphatic rings. The number of fused-ring (bicyclic) bond motifs is 1. The number of H-pyrrole nitrogens is 1. The van der Waals surface area contributed by atoms with Gasteiger partial charge >= 0.3 is 5.69 Å². The highest BCUT2D eigenvalue weighted by Crippen LogP contribution is 2.27. The number of benzene rings is 1. The molecule has 3 N–H and O–H groups in total. The van der Waals surface area contributed by atoms with E-state index in [0.29, 0.717) is 11.6 Å². The van der Waals surface area contributed by atoms with Gasteiger partial charge in [-0.1, -0.05) is 18.5 Å². The summed E-state index contributed by atoms with van der Waals surface area (Å²) in [5, 5.41) is 0.646. The molecule has 86 valence electrons. The zero-order chi connectivity index (χ0) is 11.9. The van der Waals surface area contributed by atoms with Crippen LogP contribution >= 0.6 is 11.6 Å². The Kier molecular flexibility index (Phi) is 2.78. The van der Waals surface area contributed by atoms with Gasteiger partial charge in [0, 0.05) is 12.1 Å². The molecule has 1 aromatic carbocycles. The second-order valence-electron chi connectivity index (χ2n) is 4.02. The monoisotopic (exact) mass is 239 g/mol. The maximum absolute atomic E-state index is 11.4. The largest absolute Gasteiger partial charge is 0.330 e. The van der Waals surface area contributed by atoms with Crippen LogP contribution in [0.15, 0.2) is 16.9 Å². The molecule has 0 aliphatic carbocycles. The number of aromatic amines is 1. The van der Waals surface area contributed by atoms with Crippen LogP contribution in [-0.2, 0) is 7.05 Å². The minimum atomic E-state index is -0.136. The smallest absolute Gasteiger partial charge is 0.326 e. The molecule has 16 heavy (non-hydrogen) atoms. The van der Waals surface area contributed by atoms with Crippen molar-refractivity contribution in [2.75, 3.05) is 6.54 Å². The fourth-order valence-electron chi connectivity index (χ4n) is 1.77. The van der Waals surface area contributed by atoms with Crippen LogP contribution in [0.2, 0.25) is 5.02 Å². The number of nitrogens with two attached hydrogens (primary N) is 1. The molecule has 0 amide bonds. The molecular formula is C11H14ClN3O. The second-order valence-corrected chi connectivity index (χ2v) is 4.42. The van der Waals surface area contributed by atoms with Crippen LogP contribution in [-0.4, -0.2) is 16.1 Å². The highest BCUT2D eigenvalue weighted by Gasteiger charge is 2.12. The number of hydrogen-bond donors (Lipinski definition) is 2. The zero-order valence-electron chi connectivity index (χ0n) is 9.25. The van der Waals surface area contributed by atoms with Gasteiger partial charge < -0.3 is 10.7 Å². The molecule has 5 heteroatoms. The molecule has 0 spiro atoms. The van der Waals surface area contributed by atoms with Gasteiger partial charge in [-0.3, -0.25) is 4.57 Å². The molecule has 0 aliphatic heterocycles. The van der Waals surface area contributed by atoms with Crippen molar-refractivity contribution in [1.29, 1.82) is 0 Å². The lowest BCUT2D eigenvalue weighted by Crippen LogP contribution is -2.12. The Labute approximate surface area is 98.0 Å². The number of hydrogen-bond acceptors (Lipinski definition) is 2. The Hall–Kier alpha value is -1.26. The summed E-state index contributed by atoms with van der Waals surface area (Å²) in [4.78, 5) is 14.2. The number of aryl methyl sites for hydroxylation is 1. The first-order valence-corrected chi connectivity index (χ1v) is 5.50. The second kappa shape index (κ2) is 3.96. The molecule has 1 atom stereocenters. The van der Waals surface area contributed by atoms with Crippen molar-refractivity contribution in [3.05, 3.63) is 33.2 Å². The minimum Gasteiger partial charge on any atom is -0.330 e. The molecule has 0 saturated carbocycles. The van der Waals surface area contributed by atoms with Crippen molar-refractivity contribution in [2.24, 2.45) is 12.8 Å². The van der Waals surface area contributed by atoms with E-state index in [4.69, 9.17) is 17.3 Å². The summed E-state index contributed by atoms with van der Waals surface area (Å²) < 4.78 is 1.57. The summed E-state index contributed by atoms with van der Waals surface area (Å²) in [5.41, 5.74) is 8.07. The average molecular weight is 240 g/mol. The van der Waals surface area contributed by atoms with E-state index >= 15 is 0 Å². The molecule has 1 aromatic heterocycles. The van der Waals surface area contributed by atoms with Gasteiger partial charge in [-0.25, -0.2) is 4.79 Å². The lowest BCUT2D eigenvalue weighted by Gasteiger charge is -2.11. The summed E-state index contributed by atoms with van der Waals surface area (Å²) >= 11 is 6.15. The van der Waals surface area contributed by atoms with E-state index in [2.05, 4.69) is 4.98 Å². The number of nitrogens with zero attached hydrogens (tertiary/aromatic N) is 1. The summed E-state index contributed by atoms with van der Waals surface area (Å²) in [6, 6.07) is 3.70. The summed E-state index contributed by atoms with van der Waals surface area (Å²) in [7, 11) is 1.73. The van der Waals surface area contributed by atoms with Gasteiger partial charge in [-0.15, -0.1) is 0 Å². The number of nitrogens with one attached hydrogen (secondary N) is 1. The highest BCUT2D eigenvalue weighted by atomic mass is 35.5. The highest BCUT2D eigenvalue weighted by molar-refractivity contribution is 6.32. The third-order valence-electron chi connectivity index (χ3n) is 2.91. The van der Waals surface area contributed by atoms with Crippen LogP contribution in [0.4, 0.5) is 0 Å². The molecule has 0 saturated heterocycles. The zero-order valence-corrected chi connectivity index (χ0v) is 10.0.